The molecule has 0 aliphatic heterocycles. The van der Waals surface area contributed by atoms with Crippen LogP contribution in [0.15, 0.2) is 59.7 Å². The lowest BCUT2D eigenvalue weighted by molar-refractivity contribution is -0.274. The highest BCUT2D eigenvalue weighted by Gasteiger charge is 2.31. The van der Waals surface area contributed by atoms with E-state index in [1.807, 2.05) is 0 Å². The lowest BCUT2D eigenvalue weighted by atomic mass is 10.0. The fourth-order valence-corrected chi connectivity index (χ4v) is 3.16. The van der Waals surface area contributed by atoms with Gasteiger partial charge in [0.15, 0.2) is 0 Å². The van der Waals surface area contributed by atoms with Crippen LogP contribution < -0.4 is 10.3 Å². The predicted molar refractivity (Wildman–Crippen MR) is 111 cm³/mol. The summed E-state index contributed by atoms with van der Waals surface area (Å²) in [7, 11) is 0. The summed E-state index contributed by atoms with van der Waals surface area (Å²) in [4.78, 5) is 28.8. The molecule has 1 aromatic carbocycles. The molecule has 2 N–H and O–H groups in total. The highest BCUT2D eigenvalue weighted by Crippen LogP contribution is 2.31. The van der Waals surface area contributed by atoms with Crippen molar-refractivity contribution in [3.8, 4) is 28.3 Å². The number of nitrogens with one attached hydrogen (secondary N) is 1. The van der Waals surface area contributed by atoms with Crippen molar-refractivity contribution in [1.82, 2.24) is 19.9 Å². The number of hydrogen-bond donors (Lipinski definition) is 2. The molecule has 0 bridgehead atoms. The smallest absolute Gasteiger partial charge is 0.406 e. The van der Waals surface area contributed by atoms with E-state index in [1.165, 1.54) is 30.3 Å². The number of aromatic amines is 1. The average Bonchev–Trinajstić information content (AvgIpc) is 2.78. The standard InChI is InChI=1S/C22H17F3N4O3/c1-12(11-30)20-28-19-16(21(31)29-20)9-17(27-18(19)14-3-2-8-26-10-14)13-4-6-15(7-5-13)32-22(23,24)25/h2-10,12,30H,11H2,1H3,(H,28,29,31). The average molecular weight is 442 g/mol. The fourth-order valence-electron chi connectivity index (χ4n) is 3.16. The number of fused-ring (bicyclic) bond motifs is 1. The zero-order valence-electron chi connectivity index (χ0n) is 16.7. The van der Waals surface area contributed by atoms with Gasteiger partial charge in [0.05, 0.1) is 23.4 Å². The van der Waals surface area contributed by atoms with Crippen LogP contribution in [0.2, 0.25) is 0 Å². The fraction of sp³-hybridized carbons (Fsp3) is 0.182. The van der Waals surface area contributed by atoms with E-state index < -0.39 is 17.8 Å². The maximum absolute atomic E-state index is 12.8. The molecule has 10 heteroatoms. The third-order valence-corrected chi connectivity index (χ3v) is 4.77. The van der Waals surface area contributed by atoms with E-state index >= 15 is 0 Å². The second-order valence-corrected chi connectivity index (χ2v) is 7.10. The Morgan fingerprint density at radius 3 is 2.50 bits per heavy atom. The molecule has 0 saturated heterocycles. The molecule has 3 heterocycles. The molecule has 0 aliphatic rings. The first-order valence-corrected chi connectivity index (χ1v) is 9.57. The largest absolute Gasteiger partial charge is 0.573 e. The number of nitrogens with zero attached hydrogens (tertiary/aromatic N) is 3. The summed E-state index contributed by atoms with van der Waals surface area (Å²) in [5.41, 5.74) is 1.76. The second kappa shape index (κ2) is 8.39. The molecule has 32 heavy (non-hydrogen) atoms. The zero-order valence-corrected chi connectivity index (χ0v) is 16.7. The van der Waals surface area contributed by atoms with Gasteiger partial charge in [-0.3, -0.25) is 9.78 Å². The van der Waals surface area contributed by atoms with Crippen LogP contribution in [0, 0.1) is 0 Å². The quantitative estimate of drug-likeness (QED) is 0.484. The minimum Gasteiger partial charge on any atom is -0.406 e. The molecule has 0 spiro atoms. The molecule has 4 rings (SSSR count). The van der Waals surface area contributed by atoms with Crippen molar-refractivity contribution in [3.63, 3.8) is 0 Å². The molecule has 0 fully saturated rings. The van der Waals surface area contributed by atoms with Crippen LogP contribution in [-0.4, -0.2) is 38.0 Å². The molecule has 0 radical (unpaired) electrons. The van der Waals surface area contributed by atoms with E-state index in [4.69, 9.17) is 0 Å². The van der Waals surface area contributed by atoms with Gasteiger partial charge in [-0.25, -0.2) is 9.97 Å². The van der Waals surface area contributed by atoms with Crippen LogP contribution in [-0.2, 0) is 0 Å². The molecule has 1 atom stereocenters. The maximum Gasteiger partial charge on any atom is 0.573 e. The number of benzene rings is 1. The van der Waals surface area contributed by atoms with Crippen molar-refractivity contribution in [2.24, 2.45) is 0 Å². The van der Waals surface area contributed by atoms with Gasteiger partial charge in [0.2, 0.25) is 0 Å². The molecule has 7 nitrogen and oxygen atoms in total. The lowest BCUT2D eigenvalue weighted by Gasteiger charge is -2.13. The molecule has 0 amide bonds. The molecule has 4 aromatic rings. The number of halogens is 3. The summed E-state index contributed by atoms with van der Waals surface area (Å²) in [6, 6.07) is 10.2. The van der Waals surface area contributed by atoms with E-state index in [0.717, 1.165) is 0 Å². The van der Waals surface area contributed by atoms with Crippen molar-refractivity contribution in [1.29, 1.82) is 0 Å². The van der Waals surface area contributed by atoms with Crippen LogP contribution in [0.5, 0.6) is 5.75 Å². The molecule has 3 aromatic heterocycles. The van der Waals surface area contributed by atoms with Gasteiger partial charge >= 0.3 is 6.36 Å². The van der Waals surface area contributed by atoms with E-state index in [-0.39, 0.29) is 17.7 Å². The van der Waals surface area contributed by atoms with Crippen molar-refractivity contribution in [2.75, 3.05) is 6.61 Å². The van der Waals surface area contributed by atoms with Gasteiger partial charge in [-0.2, -0.15) is 0 Å². The monoisotopic (exact) mass is 442 g/mol. The van der Waals surface area contributed by atoms with Crippen molar-refractivity contribution in [2.45, 2.75) is 19.2 Å². The van der Waals surface area contributed by atoms with Gasteiger partial charge in [-0.05, 0) is 42.5 Å². The summed E-state index contributed by atoms with van der Waals surface area (Å²) in [6.07, 6.45) is -1.63. The number of alkyl halides is 3. The van der Waals surface area contributed by atoms with Gasteiger partial charge in [0, 0.05) is 29.4 Å². The van der Waals surface area contributed by atoms with Crippen LogP contribution >= 0.6 is 0 Å². The van der Waals surface area contributed by atoms with Gasteiger partial charge in [-0.1, -0.05) is 6.92 Å². The first-order chi connectivity index (χ1) is 15.2. The molecule has 1 unspecified atom stereocenters. The van der Waals surface area contributed by atoms with E-state index in [2.05, 4.69) is 24.7 Å². The summed E-state index contributed by atoms with van der Waals surface area (Å²) in [5, 5.41) is 9.70. The number of aliphatic hydroxyl groups is 1. The topological polar surface area (TPSA) is 101 Å². The third-order valence-electron chi connectivity index (χ3n) is 4.77. The highest BCUT2D eigenvalue weighted by molar-refractivity contribution is 5.93. The first-order valence-electron chi connectivity index (χ1n) is 9.57. The number of rotatable bonds is 5. The first kappa shape index (κ1) is 21.4. The second-order valence-electron chi connectivity index (χ2n) is 7.10. The number of aromatic nitrogens is 4. The number of ether oxygens (including phenoxy) is 1. The Morgan fingerprint density at radius 2 is 1.88 bits per heavy atom. The summed E-state index contributed by atoms with van der Waals surface area (Å²) >= 11 is 0. The van der Waals surface area contributed by atoms with Crippen LogP contribution in [0.3, 0.4) is 0 Å². The number of hydrogen-bond acceptors (Lipinski definition) is 6. The maximum atomic E-state index is 12.8. The van der Waals surface area contributed by atoms with Crippen molar-refractivity contribution < 1.29 is 23.0 Å². The van der Waals surface area contributed by atoms with Crippen molar-refractivity contribution in [3.05, 3.63) is 71.0 Å². The Hall–Kier alpha value is -3.79. The minimum atomic E-state index is -4.79. The Morgan fingerprint density at radius 1 is 1.12 bits per heavy atom. The Bertz CT molecular complexity index is 1310. The SMILES string of the molecule is CC(CO)c1nc2c(-c3cccnc3)nc(-c3ccc(OC(F)(F)F)cc3)cc2c(=O)[nH]1. The number of aliphatic hydroxyl groups excluding tert-OH is 1. The van der Waals surface area contributed by atoms with Gasteiger partial charge < -0.3 is 14.8 Å². The summed E-state index contributed by atoms with van der Waals surface area (Å²) in [6.45, 7) is 1.52. The van der Waals surface area contributed by atoms with Gasteiger partial charge in [0.25, 0.3) is 5.56 Å². The van der Waals surface area contributed by atoms with Gasteiger partial charge in [-0.15, -0.1) is 13.2 Å². The van der Waals surface area contributed by atoms with E-state index in [0.29, 0.717) is 33.9 Å². The number of H-pyrrole nitrogens is 1. The summed E-state index contributed by atoms with van der Waals surface area (Å²) < 4.78 is 41.2. The van der Waals surface area contributed by atoms with E-state index in [1.54, 1.807) is 31.5 Å². The van der Waals surface area contributed by atoms with Gasteiger partial charge in [0.1, 0.15) is 17.1 Å². The van der Waals surface area contributed by atoms with E-state index in [9.17, 15) is 23.1 Å². The van der Waals surface area contributed by atoms with Crippen molar-refractivity contribution >= 4 is 10.9 Å². The molecule has 0 saturated carbocycles. The summed E-state index contributed by atoms with van der Waals surface area (Å²) in [5.74, 6) is -0.440. The molecule has 164 valence electrons. The third kappa shape index (κ3) is 4.45. The molecule has 0 aliphatic carbocycles. The van der Waals surface area contributed by atoms with Crippen LogP contribution in [0.4, 0.5) is 13.2 Å². The Balaban J connectivity index is 1.90. The molecular formula is C22H17F3N4O3. The van der Waals surface area contributed by atoms with Crippen LogP contribution in [0.25, 0.3) is 33.4 Å². The Kier molecular flexibility index (Phi) is 5.62. The number of pyridine rings is 2. The normalized spacial score (nSPS) is 12.7. The Labute approximate surface area is 179 Å². The molecular weight excluding hydrogens is 425 g/mol. The predicted octanol–water partition coefficient (Wildman–Crippen LogP) is 4.04. The zero-order chi connectivity index (χ0) is 22.9. The lowest BCUT2D eigenvalue weighted by Crippen LogP contribution is -2.17. The van der Waals surface area contributed by atoms with Crippen LogP contribution in [0.1, 0.15) is 18.7 Å². The highest BCUT2D eigenvalue weighted by atomic mass is 19.4. The minimum absolute atomic E-state index is 0.200.